The van der Waals surface area contributed by atoms with E-state index in [0.717, 1.165) is 36.1 Å². The number of hydrogen-bond acceptors (Lipinski definition) is 6. The molecule has 0 spiro atoms. The van der Waals surface area contributed by atoms with Crippen LogP contribution < -0.4 is 5.32 Å². The summed E-state index contributed by atoms with van der Waals surface area (Å²) in [7, 11) is -3.51. The van der Waals surface area contributed by atoms with Gasteiger partial charge >= 0.3 is 0 Å². The van der Waals surface area contributed by atoms with Crippen LogP contribution in [-0.4, -0.2) is 52.2 Å². The van der Waals surface area contributed by atoms with Gasteiger partial charge in [0.15, 0.2) is 11.0 Å². The topological polar surface area (TPSA) is 97.2 Å². The number of sulfonamides is 1. The summed E-state index contributed by atoms with van der Waals surface area (Å²) in [6.45, 7) is 5.24. The summed E-state index contributed by atoms with van der Waals surface area (Å²) in [6.07, 6.45) is 2.83. The second kappa shape index (κ2) is 11.7. The largest absolute Gasteiger partial charge is 0.325 e. The molecule has 0 aliphatic carbocycles. The van der Waals surface area contributed by atoms with Crippen LogP contribution in [0.15, 0.2) is 82.8 Å². The second-order valence-corrected chi connectivity index (χ2v) is 12.5. The number of nitrogens with one attached hydrogen (secondary N) is 1. The van der Waals surface area contributed by atoms with Crippen molar-refractivity contribution in [3.05, 3.63) is 83.9 Å². The molecular weight excluding hydrogens is 530 g/mol. The van der Waals surface area contributed by atoms with E-state index >= 15 is 0 Å². The maximum atomic E-state index is 12.9. The van der Waals surface area contributed by atoms with Gasteiger partial charge in [-0.05, 0) is 74.2 Å². The van der Waals surface area contributed by atoms with Crippen LogP contribution in [-0.2, 0) is 14.8 Å². The smallest absolute Gasteiger partial charge is 0.243 e. The highest BCUT2D eigenvalue weighted by atomic mass is 32.2. The van der Waals surface area contributed by atoms with Crippen LogP contribution in [0, 0.1) is 13.8 Å². The summed E-state index contributed by atoms with van der Waals surface area (Å²) in [5.41, 5.74) is 4.74. The number of nitrogens with zero attached hydrogens (tertiary/aromatic N) is 4. The van der Waals surface area contributed by atoms with Crippen LogP contribution in [0.2, 0.25) is 0 Å². The Balaban J connectivity index is 1.30. The molecule has 0 unspecified atom stereocenters. The molecule has 0 atom stereocenters. The average molecular weight is 562 g/mol. The number of carbonyl (C=O) groups excluding carboxylic acids is 1. The van der Waals surface area contributed by atoms with E-state index in [1.54, 1.807) is 24.3 Å². The first-order valence-electron chi connectivity index (χ1n) is 12.9. The zero-order valence-corrected chi connectivity index (χ0v) is 23.6. The summed E-state index contributed by atoms with van der Waals surface area (Å²) in [5, 5.41) is 12.3. The average Bonchev–Trinajstić information content (AvgIpc) is 3.39. The van der Waals surface area contributed by atoms with E-state index in [-0.39, 0.29) is 16.6 Å². The van der Waals surface area contributed by atoms with Crippen LogP contribution in [0.5, 0.6) is 0 Å². The minimum atomic E-state index is -3.51. The van der Waals surface area contributed by atoms with Gasteiger partial charge in [0.05, 0.1) is 16.3 Å². The third-order valence-corrected chi connectivity index (χ3v) is 9.68. The molecule has 1 saturated heterocycles. The molecule has 5 rings (SSSR count). The van der Waals surface area contributed by atoms with Gasteiger partial charge in [-0.2, -0.15) is 4.31 Å². The maximum Gasteiger partial charge on any atom is 0.243 e. The van der Waals surface area contributed by atoms with Crippen LogP contribution >= 0.6 is 11.8 Å². The molecule has 4 aromatic rings. The summed E-state index contributed by atoms with van der Waals surface area (Å²) >= 11 is 1.30. The molecular formula is C29H31N5O3S2. The van der Waals surface area contributed by atoms with Gasteiger partial charge in [0, 0.05) is 24.3 Å². The number of amides is 1. The molecule has 1 amide bonds. The fourth-order valence-corrected chi connectivity index (χ4v) is 6.80. The van der Waals surface area contributed by atoms with E-state index in [2.05, 4.69) is 41.5 Å². The van der Waals surface area contributed by atoms with Gasteiger partial charge < -0.3 is 5.32 Å². The van der Waals surface area contributed by atoms with E-state index in [1.165, 1.54) is 21.6 Å². The van der Waals surface area contributed by atoms with Gasteiger partial charge in [0.1, 0.15) is 0 Å². The molecule has 202 valence electrons. The first-order chi connectivity index (χ1) is 18.8. The quantitative estimate of drug-likeness (QED) is 0.287. The Morgan fingerprint density at radius 3 is 2.31 bits per heavy atom. The van der Waals surface area contributed by atoms with Gasteiger partial charge in [0.25, 0.3) is 0 Å². The van der Waals surface area contributed by atoms with Crippen molar-refractivity contribution < 1.29 is 13.2 Å². The molecule has 1 fully saturated rings. The lowest BCUT2D eigenvalue weighted by atomic mass is 10.1. The molecule has 0 saturated carbocycles. The molecule has 2 heterocycles. The van der Waals surface area contributed by atoms with Gasteiger partial charge in [-0.1, -0.05) is 54.6 Å². The van der Waals surface area contributed by atoms with Crippen molar-refractivity contribution in [1.29, 1.82) is 0 Å². The highest BCUT2D eigenvalue weighted by Crippen LogP contribution is 2.29. The van der Waals surface area contributed by atoms with Gasteiger partial charge in [-0.3, -0.25) is 9.36 Å². The van der Waals surface area contributed by atoms with Crippen molar-refractivity contribution in [3.63, 3.8) is 0 Å². The Bertz CT molecular complexity index is 1560. The minimum absolute atomic E-state index is 0.117. The lowest BCUT2D eigenvalue weighted by Gasteiger charge is -2.25. The van der Waals surface area contributed by atoms with Crippen molar-refractivity contribution >= 4 is 33.4 Å². The number of piperidine rings is 1. The summed E-state index contributed by atoms with van der Waals surface area (Å²) in [5.74, 6) is 0.598. The number of anilines is 1. The Hall–Kier alpha value is -3.47. The van der Waals surface area contributed by atoms with E-state index < -0.39 is 10.0 Å². The summed E-state index contributed by atoms with van der Waals surface area (Å²) in [4.78, 5) is 13.1. The lowest BCUT2D eigenvalue weighted by molar-refractivity contribution is -0.113. The van der Waals surface area contributed by atoms with Gasteiger partial charge in [0.2, 0.25) is 15.9 Å². The lowest BCUT2D eigenvalue weighted by Crippen LogP contribution is -2.35. The third-order valence-electron chi connectivity index (χ3n) is 6.84. The molecule has 3 aromatic carbocycles. The molecule has 39 heavy (non-hydrogen) atoms. The molecule has 8 nitrogen and oxygen atoms in total. The SMILES string of the molecule is Cc1ccc(-n2c(SCC(=O)Nc3ccc(S(=O)(=O)N4CCCCC4)cc3)nnc2-c2ccccc2)cc1C. The molecule has 10 heteroatoms. The monoisotopic (exact) mass is 561 g/mol. The van der Waals surface area contributed by atoms with Crippen molar-refractivity contribution in [2.45, 2.75) is 43.2 Å². The molecule has 1 N–H and O–H groups in total. The standard InChI is InChI=1S/C29H31N5O3S2/c1-21-11-14-25(19-22(21)2)34-28(23-9-5-3-6-10-23)31-32-29(34)38-20-27(35)30-24-12-15-26(16-13-24)39(36,37)33-17-7-4-8-18-33/h3,5-6,9-16,19H,4,7-8,17-18,20H2,1-2H3,(H,30,35). The molecule has 1 aliphatic heterocycles. The minimum Gasteiger partial charge on any atom is -0.325 e. The number of carbonyl (C=O) groups is 1. The van der Waals surface area contributed by atoms with Crippen molar-refractivity contribution in [2.75, 3.05) is 24.2 Å². The number of rotatable bonds is 8. The molecule has 1 aliphatic rings. The number of aromatic nitrogens is 3. The second-order valence-electron chi connectivity index (χ2n) is 9.60. The highest BCUT2D eigenvalue weighted by molar-refractivity contribution is 7.99. The Morgan fingerprint density at radius 1 is 0.897 bits per heavy atom. The van der Waals surface area contributed by atoms with Crippen molar-refractivity contribution in [3.8, 4) is 17.1 Å². The van der Waals surface area contributed by atoms with Crippen LogP contribution in [0.3, 0.4) is 0 Å². The normalized spacial score (nSPS) is 14.3. The first kappa shape index (κ1) is 27.1. The van der Waals surface area contributed by atoms with E-state index in [4.69, 9.17) is 0 Å². The predicted octanol–water partition coefficient (Wildman–Crippen LogP) is 5.46. The van der Waals surface area contributed by atoms with Gasteiger partial charge in [-0.25, -0.2) is 8.42 Å². The van der Waals surface area contributed by atoms with Crippen molar-refractivity contribution in [1.82, 2.24) is 19.1 Å². The molecule has 0 bridgehead atoms. The zero-order valence-electron chi connectivity index (χ0n) is 22.0. The summed E-state index contributed by atoms with van der Waals surface area (Å²) < 4.78 is 29.3. The Morgan fingerprint density at radius 2 is 1.62 bits per heavy atom. The Labute approximate surface area is 233 Å². The van der Waals surface area contributed by atoms with Crippen LogP contribution in [0.1, 0.15) is 30.4 Å². The van der Waals surface area contributed by atoms with Crippen molar-refractivity contribution in [2.24, 2.45) is 0 Å². The van der Waals surface area contributed by atoms with Gasteiger partial charge in [-0.15, -0.1) is 10.2 Å². The fourth-order valence-electron chi connectivity index (χ4n) is 4.53. The molecule has 0 radical (unpaired) electrons. The highest BCUT2D eigenvalue weighted by Gasteiger charge is 2.26. The van der Waals surface area contributed by atoms with Crippen LogP contribution in [0.4, 0.5) is 5.69 Å². The Kier molecular flexibility index (Phi) is 8.15. The number of aryl methyl sites for hydroxylation is 2. The summed E-state index contributed by atoms with van der Waals surface area (Å²) in [6, 6.07) is 22.4. The third kappa shape index (κ3) is 6.08. The number of benzene rings is 3. The number of thioether (sulfide) groups is 1. The maximum absolute atomic E-state index is 12.9. The zero-order chi connectivity index (χ0) is 27.4. The predicted molar refractivity (Wildman–Crippen MR) is 155 cm³/mol. The van der Waals surface area contributed by atoms with Crippen LogP contribution in [0.25, 0.3) is 17.1 Å². The van der Waals surface area contributed by atoms with E-state index in [9.17, 15) is 13.2 Å². The number of hydrogen-bond donors (Lipinski definition) is 1. The first-order valence-corrected chi connectivity index (χ1v) is 15.4. The molecule has 1 aromatic heterocycles. The van der Waals surface area contributed by atoms with E-state index in [0.29, 0.717) is 29.8 Å². The fraction of sp³-hybridized carbons (Fsp3) is 0.276. The van der Waals surface area contributed by atoms with E-state index in [1.807, 2.05) is 41.0 Å².